The molecule has 0 spiro atoms. The van der Waals surface area contributed by atoms with Crippen LogP contribution in [0.3, 0.4) is 0 Å². The average molecular weight is 116 g/mol. The van der Waals surface area contributed by atoms with Gasteiger partial charge in [-0.2, -0.15) is 5.10 Å². The van der Waals surface area contributed by atoms with E-state index in [1.165, 1.54) is 0 Å². The Labute approximate surface area is 47.4 Å². The summed E-state index contributed by atoms with van der Waals surface area (Å²) in [5.74, 6) is 1.88. The van der Waals surface area contributed by atoms with Crippen LogP contribution in [-0.4, -0.2) is 22.1 Å². The van der Waals surface area contributed by atoms with E-state index in [1.807, 2.05) is 5.84 Å². The van der Waals surface area contributed by atoms with Gasteiger partial charge in [0.1, 0.15) is 0 Å². The minimum atomic E-state index is 0.477. The van der Waals surface area contributed by atoms with Gasteiger partial charge in [-0.1, -0.05) is 0 Å². The van der Waals surface area contributed by atoms with Crippen molar-refractivity contribution in [1.82, 2.24) is 5.43 Å². The van der Waals surface area contributed by atoms with E-state index in [0.29, 0.717) is 6.04 Å². The molecule has 0 aromatic heterocycles. The molecule has 0 radical (unpaired) electrons. The van der Waals surface area contributed by atoms with Crippen LogP contribution in [0.15, 0.2) is 5.10 Å². The Morgan fingerprint density at radius 3 is 2.43 bits per heavy atom. The fourth-order valence-electron chi connectivity index (χ4n) is 0.224. The van der Waals surface area contributed by atoms with Crippen molar-refractivity contribution in [3.05, 3.63) is 0 Å². The number of nitrogens with zero attached hydrogens (tertiary/aromatic N) is 1. The van der Waals surface area contributed by atoms with Crippen LogP contribution in [-0.2, 0) is 0 Å². The number of hydrogen-bond acceptors (Lipinski definition) is 2. The Bertz CT molecular complexity index is 60.7. The Kier molecular flexibility index (Phi) is 3.69. The first-order valence-corrected chi connectivity index (χ1v) is 3.66. The molecule has 7 heavy (non-hydrogen) atoms. The summed E-state index contributed by atoms with van der Waals surface area (Å²) in [4.78, 5) is 0. The molecule has 0 atom stereocenters. The van der Waals surface area contributed by atoms with Gasteiger partial charge in [0, 0.05) is 6.04 Å². The largest absolute Gasteiger partial charge is 0.308 e. The molecule has 0 fully saturated rings. The van der Waals surface area contributed by atoms with Crippen molar-refractivity contribution in [2.45, 2.75) is 19.9 Å². The molecule has 0 saturated carbocycles. The van der Waals surface area contributed by atoms with Gasteiger partial charge in [-0.05, 0) is 19.7 Å². The maximum absolute atomic E-state index is 3.86. The highest BCUT2D eigenvalue weighted by Crippen LogP contribution is 1.71. The van der Waals surface area contributed by atoms with Crippen LogP contribution in [0.25, 0.3) is 0 Å². The van der Waals surface area contributed by atoms with Crippen molar-refractivity contribution in [2.24, 2.45) is 5.10 Å². The summed E-state index contributed by atoms with van der Waals surface area (Å²) in [5, 5.41) is 3.86. The molecule has 0 aromatic rings. The molecule has 2 nitrogen and oxygen atoms in total. The normalized spacial score (nSPS) is 11.3. The van der Waals surface area contributed by atoms with Crippen molar-refractivity contribution in [3.63, 3.8) is 0 Å². The highest BCUT2D eigenvalue weighted by Gasteiger charge is 1.80. The van der Waals surface area contributed by atoms with Crippen LogP contribution in [0.5, 0.6) is 0 Å². The molecule has 1 N–H and O–H groups in total. The molecule has 0 rings (SSSR count). The number of rotatable bonds is 2. The van der Waals surface area contributed by atoms with Gasteiger partial charge in [0.05, 0.1) is 10.2 Å². The highest BCUT2D eigenvalue weighted by atomic mass is 28.1. The highest BCUT2D eigenvalue weighted by molar-refractivity contribution is 6.49. The van der Waals surface area contributed by atoms with Gasteiger partial charge >= 0.3 is 0 Å². The van der Waals surface area contributed by atoms with Crippen LogP contribution in [0.1, 0.15) is 13.8 Å². The molecule has 0 saturated heterocycles. The van der Waals surface area contributed by atoms with E-state index < -0.39 is 0 Å². The zero-order valence-corrected chi connectivity index (χ0v) is 7.10. The second kappa shape index (κ2) is 3.86. The molecular formula is C4H12N2Si. The quantitative estimate of drug-likeness (QED) is 0.288. The van der Waals surface area contributed by atoms with Gasteiger partial charge in [-0.3, -0.25) is 0 Å². The van der Waals surface area contributed by atoms with Gasteiger partial charge in [0.15, 0.2) is 0 Å². The van der Waals surface area contributed by atoms with Crippen molar-refractivity contribution >= 4 is 16.1 Å². The minimum Gasteiger partial charge on any atom is -0.308 e. The third kappa shape index (κ3) is 5.69. The fourth-order valence-corrected chi connectivity index (χ4v) is 0.373. The Balaban J connectivity index is 2.97. The third-order valence-electron chi connectivity index (χ3n) is 0.462. The van der Waals surface area contributed by atoms with Crippen molar-refractivity contribution in [2.75, 3.05) is 0 Å². The minimum absolute atomic E-state index is 0.477. The maximum Gasteiger partial charge on any atom is 0.0550 e. The lowest BCUT2D eigenvalue weighted by Crippen LogP contribution is -2.15. The summed E-state index contributed by atoms with van der Waals surface area (Å²) < 4.78 is 0. The molecule has 0 bridgehead atoms. The van der Waals surface area contributed by atoms with Gasteiger partial charge in [-0.25, -0.2) is 0 Å². The predicted octanol–water partition coefficient (Wildman–Crippen LogP) is -0.707. The lowest BCUT2D eigenvalue weighted by Gasteiger charge is -1.99. The first-order chi connectivity index (χ1) is 3.27. The predicted molar refractivity (Wildman–Crippen MR) is 36.7 cm³/mol. The van der Waals surface area contributed by atoms with E-state index >= 15 is 0 Å². The first kappa shape index (κ1) is 6.69. The van der Waals surface area contributed by atoms with E-state index in [1.54, 1.807) is 0 Å². The molecule has 0 aliphatic rings. The van der Waals surface area contributed by atoms with Crippen LogP contribution in [0.4, 0.5) is 0 Å². The summed E-state index contributed by atoms with van der Waals surface area (Å²) >= 11 is 0. The van der Waals surface area contributed by atoms with Gasteiger partial charge < -0.3 is 5.43 Å². The maximum atomic E-state index is 3.86. The van der Waals surface area contributed by atoms with Crippen molar-refractivity contribution in [3.8, 4) is 0 Å². The first-order valence-electron chi connectivity index (χ1n) is 2.50. The average Bonchev–Trinajstić information content (AvgIpc) is 1.61. The summed E-state index contributed by atoms with van der Waals surface area (Å²) in [5.41, 5.74) is 2.90. The molecule has 0 aromatic carbocycles. The molecule has 0 unspecified atom stereocenters. The van der Waals surface area contributed by atoms with Crippen LogP contribution in [0.2, 0.25) is 0 Å². The number of hydrazone groups is 1. The van der Waals surface area contributed by atoms with E-state index in [9.17, 15) is 0 Å². The molecule has 0 amide bonds. The summed E-state index contributed by atoms with van der Waals surface area (Å²) in [6.07, 6.45) is 0. The summed E-state index contributed by atoms with van der Waals surface area (Å²) in [7, 11) is 1.04. The van der Waals surface area contributed by atoms with E-state index in [2.05, 4.69) is 24.4 Å². The lowest BCUT2D eigenvalue weighted by molar-refractivity contribution is 0.624. The molecule has 0 aliphatic heterocycles. The van der Waals surface area contributed by atoms with Gasteiger partial charge in [0.2, 0.25) is 0 Å². The number of hydrogen-bond donors (Lipinski definition) is 1. The van der Waals surface area contributed by atoms with E-state index in [-0.39, 0.29) is 0 Å². The Morgan fingerprint density at radius 1 is 1.71 bits per heavy atom. The van der Waals surface area contributed by atoms with E-state index in [4.69, 9.17) is 0 Å². The van der Waals surface area contributed by atoms with Gasteiger partial charge in [-0.15, -0.1) is 0 Å². The number of nitrogens with one attached hydrogen (secondary N) is 1. The molecule has 0 heterocycles. The Hall–Kier alpha value is -0.313. The monoisotopic (exact) mass is 116 g/mol. The van der Waals surface area contributed by atoms with Gasteiger partial charge in [0.25, 0.3) is 0 Å². The Morgan fingerprint density at radius 2 is 2.29 bits per heavy atom. The second-order valence-electron chi connectivity index (χ2n) is 1.67. The summed E-state index contributed by atoms with van der Waals surface area (Å²) in [6.45, 7) is 4.13. The van der Waals surface area contributed by atoms with Crippen LogP contribution < -0.4 is 5.43 Å². The van der Waals surface area contributed by atoms with Crippen molar-refractivity contribution in [1.29, 1.82) is 0 Å². The standard InChI is InChI=1S/C4H12N2Si/c1-4(2)6-5-3-7/h3-4,6H,1-2,7H3/b5-3+. The molecular weight excluding hydrogens is 104 g/mol. The second-order valence-corrected chi connectivity index (χ2v) is 2.19. The molecule has 3 heteroatoms. The zero-order chi connectivity index (χ0) is 5.70. The van der Waals surface area contributed by atoms with Crippen LogP contribution >= 0.6 is 0 Å². The smallest absolute Gasteiger partial charge is 0.0550 e. The SMILES string of the molecule is CC(C)N/N=C/[SiH3]. The fraction of sp³-hybridized carbons (Fsp3) is 0.750. The molecule has 42 valence electrons. The third-order valence-corrected chi connectivity index (χ3v) is 0.720. The lowest BCUT2D eigenvalue weighted by atomic mass is 10.4. The topological polar surface area (TPSA) is 24.4 Å². The van der Waals surface area contributed by atoms with Crippen molar-refractivity contribution < 1.29 is 0 Å². The van der Waals surface area contributed by atoms with E-state index in [0.717, 1.165) is 10.2 Å². The van der Waals surface area contributed by atoms with Crippen LogP contribution in [0, 0.1) is 0 Å². The summed E-state index contributed by atoms with van der Waals surface area (Å²) in [6, 6.07) is 0.477. The molecule has 0 aliphatic carbocycles. The zero-order valence-electron chi connectivity index (χ0n) is 5.10.